The van der Waals surface area contributed by atoms with Gasteiger partial charge in [-0.15, -0.1) is 0 Å². The number of imidazole rings is 1. The van der Waals surface area contributed by atoms with E-state index in [9.17, 15) is 0 Å². The Balaban J connectivity index is 2.29. The van der Waals surface area contributed by atoms with Crippen LogP contribution in [-0.2, 0) is 6.54 Å². The summed E-state index contributed by atoms with van der Waals surface area (Å²) in [6.07, 6.45) is 0. The van der Waals surface area contributed by atoms with E-state index >= 15 is 0 Å². The average Bonchev–Trinajstić information content (AvgIpc) is 2.75. The monoisotopic (exact) mass is 286 g/mol. The minimum absolute atomic E-state index is 0.632. The molecule has 1 heterocycles. The van der Waals surface area contributed by atoms with Crippen LogP contribution in [0.5, 0.6) is 0 Å². The van der Waals surface area contributed by atoms with E-state index in [4.69, 9.17) is 23.1 Å². The molecule has 0 saturated carbocycles. The third-order valence-corrected chi connectivity index (χ3v) is 3.50. The van der Waals surface area contributed by atoms with Crippen LogP contribution in [-0.4, -0.2) is 9.55 Å². The number of aromatic nitrogens is 2. The van der Waals surface area contributed by atoms with Crippen molar-refractivity contribution in [1.29, 1.82) is 0 Å². The summed E-state index contributed by atoms with van der Waals surface area (Å²) in [6.45, 7) is 2.89. The molecule has 0 saturated heterocycles. The van der Waals surface area contributed by atoms with Crippen molar-refractivity contribution >= 4 is 34.0 Å². The quantitative estimate of drug-likeness (QED) is 0.708. The summed E-state index contributed by atoms with van der Waals surface area (Å²) in [7, 11) is 0. The van der Waals surface area contributed by atoms with Gasteiger partial charge in [0.2, 0.25) is 0 Å². The van der Waals surface area contributed by atoms with Crippen molar-refractivity contribution in [3.8, 4) is 11.4 Å². The second-order valence-electron chi connectivity index (χ2n) is 4.70. The van der Waals surface area contributed by atoms with Crippen LogP contribution in [0.4, 0.5) is 11.4 Å². The van der Waals surface area contributed by atoms with Crippen molar-refractivity contribution in [3.63, 3.8) is 0 Å². The molecule has 102 valence electrons. The highest BCUT2D eigenvalue weighted by atomic mass is 35.5. The fraction of sp³-hybridized carbons (Fsp3) is 0.133. The van der Waals surface area contributed by atoms with Gasteiger partial charge in [0, 0.05) is 28.5 Å². The van der Waals surface area contributed by atoms with E-state index in [1.807, 2.05) is 30.3 Å². The lowest BCUT2D eigenvalue weighted by molar-refractivity contribution is 0.796. The summed E-state index contributed by atoms with van der Waals surface area (Å²) >= 11 is 6.03. The molecule has 1 aromatic heterocycles. The number of hydrogen-bond acceptors (Lipinski definition) is 3. The third-order valence-electron chi connectivity index (χ3n) is 3.26. The van der Waals surface area contributed by atoms with Gasteiger partial charge in [0.05, 0.1) is 11.0 Å². The Morgan fingerprint density at radius 3 is 2.45 bits per heavy atom. The molecular formula is C15H15ClN4. The van der Waals surface area contributed by atoms with Gasteiger partial charge in [-0.1, -0.05) is 11.6 Å². The maximum absolute atomic E-state index is 6.03. The van der Waals surface area contributed by atoms with Gasteiger partial charge in [-0.05, 0) is 43.3 Å². The predicted octanol–water partition coefficient (Wildman–Crippen LogP) is 3.54. The summed E-state index contributed by atoms with van der Waals surface area (Å²) < 4.78 is 2.12. The Morgan fingerprint density at radius 1 is 1.10 bits per heavy atom. The summed E-state index contributed by atoms with van der Waals surface area (Å²) in [4.78, 5) is 4.66. The molecule has 3 rings (SSSR count). The van der Waals surface area contributed by atoms with E-state index in [0.717, 1.165) is 29.0 Å². The predicted molar refractivity (Wildman–Crippen MR) is 84.7 cm³/mol. The first-order valence-electron chi connectivity index (χ1n) is 6.40. The number of anilines is 2. The van der Waals surface area contributed by atoms with E-state index in [1.54, 1.807) is 6.07 Å². The van der Waals surface area contributed by atoms with Crippen molar-refractivity contribution in [2.45, 2.75) is 13.5 Å². The zero-order valence-corrected chi connectivity index (χ0v) is 11.9. The second-order valence-corrected chi connectivity index (χ2v) is 5.14. The maximum Gasteiger partial charge on any atom is 0.141 e. The number of hydrogen-bond donors (Lipinski definition) is 2. The van der Waals surface area contributed by atoms with Crippen LogP contribution < -0.4 is 11.5 Å². The van der Waals surface area contributed by atoms with Gasteiger partial charge in [-0.25, -0.2) is 4.98 Å². The number of halogens is 1. The zero-order valence-electron chi connectivity index (χ0n) is 11.1. The fourth-order valence-corrected chi connectivity index (χ4v) is 2.62. The lowest BCUT2D eigenvalue weighted by atomic mass is 10.1. The average molecular weight is 287 g/mol. The first-order chi connectivity index (χ1) is 9.58. The highest BCUT2D eigenvalue weighted by Crippen LogP contribution is 2.29. The first-order valence-corrected chi connectivity index (χ1v) is 6.78. The molecule has 4 N–H and O–H groups in total. The van der Waals surface area contributed by atoms with Crippen LogP contribution in [0.15, 0.2) is 36.4 Å². The van der Waals surface area contributed by atoms with E-state index in [1.165, 1.54) is 0 Å². The molecule has 0 unspecified atom stereocenters. The molecule has 4 nitrogen and oxygen atoms in total. The van der Waals surface area contributed by atoms with Crippen molar-refractivity contribution in [1.82, 2.24) is 9.55 Å². The minimum Gasteiger partial charge on any atom is -0.399 e. The summed E-state index contributed by atoms with van der Waals surface area (Å²) in [5.41, 5.74) is 15.8. The molecular weight excluding hydrogens is 272 g/mol. The van der Waals surface area contributed by atoms with Gasteiger partial charge in [0.15, 0.2) is 0 Å². The van der Waals surface area contributed by atoms with E-state index in [2.05, 4.69) is 16.5 Å². The first kappa shape index (κ1) is 12.8. The number of benzene rings is 2. The molecule has 0 amide bonds. The molecule has 5 heteroatoms. The van der Waals surface area contributed by atoms with E-state index in [0.29, 0.717) is 16.4 Å². The molecule has 3 aromatic rings. The molecule has 0 aliphatic heterocycles. The van der Waals surface area contributed by atoms with Gasteiger partial charge < -0.3 is 16.0 Å². The lowest BCUT2D eigenvalue weighted by Gasteiger charge is -2.07. The normalized spacial score (nSPS) is 11.1. The fourth-order valence-electron chi connectivity index (χ4n) is 2.45. The number of nitrogens with two attached hydrogens (primary N) is 2. The SMILES string of the molecule is CCn1c(-c2cc(N)cc(N)c2)nc2cc(Cl)ccc21. The Labute approximate surface area is 122 Å². The standard InChI is InChI=1S/C15H15ClN4/c1-2-20-14-4-3-10(16)7-13(14)19-15(20)9-5-11(17)8-12(18)6-9/h3-8H,2,17-18H2,1H3. The molecule has 0 fully saturated rings. The van der Waals surface area contributed by atoms with Crippen molar-refractivity contribution in [2.24, 2.45) is 0 Å². The molecule has 0 bridgehead atoms. The highest BCUT2D eigenvalue weighted by molar-refractivity contribution is 6.31. The minimum atomic E-state index is 0.632. The second kappa shape index (κ2) is 4.72. The third kappa shape index (κ3) is 2.08. The molecule has 0 aliphatic carbocycles. The van der Waals surface area contributed by atoms with Crippen molar-refractivity contribution < 1.29 is 0 Å². The molecule has 0 spiro atoms. The van der Waals surface area contributed by atoms with Crippen molar-refractivity contribution in [2.75, 3.05) is 11.5 Å². The smallest absolute Gasteiger partial charge is 0.141 e. The van der Waals surface area contributed by atoms with Crippen LogP contribution in [0.25, 0.3) is 22.4 Å². The van der Waals surface area contributed by atoms with Crippen LogP contribution >= 0.6 is 11.6 Å². The Hall–Kier alpha value is -2.20. The highest BCUT2D eigenvalue weighted by Gasteiger charge is 2.12. The maximum atomic E-state index is 6.03. The molecule has 0 aliphatic rings. The lowest BCUT2D eigenvalue weighted by Crippen LogP contribution is -1.99. The Kier molecular flexibility index (Phi) is 3.03. The summed E-state index contributed by atoms with van der Waals surface area (Å²) in [5, 5.41) is 0.678. The number of nitrogen functional groups attached to an aromatic ring is 2. The van der Waals surface area contributed by atoms with Gasteiger partial charge in [-0.2, -0.15) is 0 Å². The number of rotatable bonds is 2. The van der Waals surface area contributed by atoms with Crippen LogP contribution in [0.1, 0.15) is 6.92 Å². The Morgan fingerprint density at radius 2 is 1.80 bits per heavy atom. The molecule has 20 heavy (non-hydrogen) atoms. The largest absolute Gasteiger partial charge is 0.399 e. The summed E-state index contributed by atoms with van der Waals surface area (Å²) in [6, 6.07) is 11.2. The molecule has 0 radical (unpaired) electrons. The van der Waals surface area contributed by atoms with Gasteiger partial charge in [-0.3, -0.25) is 0 Å². The van der Waals surface area contributed by atoms with E-state index < -0.39 is 0 Å². The number of nitrogens with zero attached hydrogens (tertiary/aromatic N) is 2. The Bertz CT molecular complexity index is 772. The van der Waals surface area contributed by atoms with Crippen LogP contribution in [0, 0.1) is 0 Å². The summed E-state index contributed by atoms with van der Waals surface area (Å²) in [5.74, 6) is 0.851. The van der Waals surface area contributed by atoms with E-state index in [-0.39, 0.29) is 0 Å². The van der Waals surface area contributed by atoms with Gasteiger partial charge in [0.1, 0.15) is 5.82 Å². The molecule has 0 atom stereocenters. The zero-order chi connectivity index (χ0) is 14.3. The number of fused-ring (bicyclic) bond motifs is 1. The topological polar surface area (TPSA) is 69.9 Å². The van der Waals surface area contributed by atoms with Crippen LogP contribution in [0.2, 0.25) is 5.02 Å². The van der Waals surface area contributed by atoms with Crippen LogP contribution in [0.3, 0.4) is 0 Å². The van der Waals surface area contributed by atoms with Gasteiger partial charge >= 0.3 is 0 Å². The van der Waals surface area contributed by atoms with Crippen molar-refractivity contribution in [3.05, 3.63) is 41.4 Å². The number of aryl methyl sites for hydroxylation is 1. The molecule has 2 aromatic carbocycles. The van der Waals surface area contributed by atoms with Gasteiger partial charge in [0.25, 0.3) is 0 Å².